The van der Waals surface area contributed by atoms with Gasteiger partial charge in [-0.3, -0.25) is 28.0 Å². The van der Waals surface area contributed by atoms with Crippen LogP contribution in [0.1, 0.15) is 18.9 Å². The van der Waals surface area contributed by atoms with E-state index in [1.807, 2.05) is 0 Å². The first kappa shape index (κ1) is 30.4. The second kappa shape index (κ2) is 11.2. The van der Waals surface area contributed by atoms with Crippen molar-refractivity contribution < 1.29 is 40.4 Å². The third kappa shape index (κ3) is 5.58. The van der Waals surface area contributed by atoms with Crippen LogP contribution in [0.3, 0.4) is 0 Å². The molecular formula is C21H26N11O10PS2. The predicted molar refractivity (Wildman–Crippen MR) is 155 cm³/mol. The number of thiol groups is 1. The number of nitrogens with zero attached hydrogens (tertiary/aromatic N) is 7. The molecule has 242 valence electrons. The number of nitrogens with one attached hydrogen (secondary N) is 2. The van der Waals surface area contributed by atoms with E-state index in [-0.39, 0.29) is 35.9 Å². The van der Waals surface area contributed by atoms with Crippen molar-refractivity contribution >= 4 is 63.4 Å². The largest absolute Gasteiger partial charge is 0.386 e. The Morgan fingerprint density at radius 1 is 1.07 bits per heavy atom. The molecule has 0 aromatic carbocycles. The summed E-state index contributed by atoms with van der Waals surface area (Å²) in [6.07, 6.45) is -3.52. The zero-order valence-electron chi connectivity index (χ0n) is 23.1. The number of anilines is 2. The van der Waals surface area contributed by atoms with Gasteiger partial charge in [0, 0.05) is 20.1 Å². The molecular weight excluding hydrogens is 661 g/mol. The van der Waals surface area contributed by atoms with Crippen molar-refractivity contribution in [3.8, 4) is 0 Å². The normalized spacial score (nSPS) is 33.9. The minimum Gasteiger partial charge on any atom is -0.382 e. The first-order valence-corrected chi connectivity index (χ1v) is 17.4. The van der Waals surface area contributed by atoms with Crippen molar-refractivity contribution in [2.75, 3.05) is 31.7 Å². The summed E-state index contributed by atoms with van der Waals surface area (Å²) < 4.78 is 80.1. The Kier molecular flexibility index (Phi) is 7.58. The van der Waals surface area contributed by atoms with Gasteiger partial charge in [0.05, 0.1) is 25.4 Å². The van der Waals surface area contributed by atoms with Gasteiger partial charge in [0.1, 0.15) is 36.4 Å². The van der Waals surface area contributed by atoms with Crippen molar-refractivity contribution in [2.45, 2.75) is 49.4 Å². The van der Waals surface area contributed by atoms with E-state index in [0.29, 0.717) is 11.2 Å². The number of hydrogen-bond donors (Lipinski definition) is 5. The smallest absolute Gasteiger partial charge is 0.382 e. The molecule has 0 radical (unpaired) electrons. The Labute approximate surface area is 257 Å². The van der Waals surface area contributed by atoms with Crippen LogP contribution in [-0.4, -0.2) is 98.2 Å². The molecule has 2 bridgehead atoms. The minimum atomic E-state index is -4.55. The average Bonchev–Trinajstić information content (AvgIpc) is 3.74. The monoisotopic (exact) mass is 687 g/mol. The third-order valence-electron chi connectivity index (χ3n) is 7.53. The molecule has 4 aromatic rings. The van der Waals surface area contributed by atoms with E-state index in [9.17, 15) is 17.8 Å². The number of ether oxygens (including phenoxy) is 3. The summed E-state index contributed by atoms with van der Waals surface area (Å²) in [5, 5.41) is 0. The van der Waals surface area contributed by atoms with E-state index in [0.717, 1.165) is 0 Å². The van der Waals surface area contributed by atoms with E-state index in [1.54, 1.807) is 4.57 Å². The number of hydrogen-bond acceptors (Lipinski definition) is 17. The number of H-pyrrole nitrogens is 1. The van der Waals surface area contributed by atoms with Crippen LogP contribution < -0.4 is 21.7 Å². The molecule has 6 N–H and O–H groups in total. The van der Waals surface area contributed by atoms with Crippen LogP contribution in [0.25, 0.3) is 22.3 Å². The molecule has 8 unspecified atom stereocenters. The fourth-order valence-corrected chi connectivity index (χ4v) is 8.02. The highest BCUT2D eigenvalue weighted by Gasteiger charge is 2.51. The molecule has 0 amide bonds. The lowest BCUT2D eigenvalue weighted by molar-refractivity contribution is -0.0516. The lowest BCUT2D eigenvalue weighted by atomic mass is 10.1. The third-order valence-corrected chi connectivity index (χ3v) is 10.2. The molecule has 7 heterocycles. The topological polar surface area (TPSA) is 278 Å². The van der Waals surface area contributed by atoms with Gasteiger partial charge in [-0.2, -0.15) is 18.1 Å². The molecule has 24 heteroatoms. The molecule has 8 atom stereocenters. The summed E-state index contributed by atoms with van der Waals surface area (Å²) in [4.78, 5) is 35.2. The lowest BCUT2D eigenvalue weighted by Gasteiger charge is -2.24. The molecule has 3 aliphatic rings. The molecule has 3 fully saturated rings. The van der Waals surface area contributed by atoms with E-state index < -0.39 is 72.2 Å². The van der Waals surface area contributed by atoms with Gasteiger partial charge < -0.3 is 25.7 Å². The molecule has 0 spiro atoms. The number of nitrogens with two attached hydrogens (primary N) is 2. The van der Waals surface area contributed by atoms with Crippen molar-refractivity contribution in [2.24, 2.45) is 0 Å². The van der Waals surface area contributed by atoms with E-state index in [2.05, 4.69) is 46.9 Å². The Bertz CT molecular complexity index is 1990. The fraction of sp³-hybridized carbons (Fsp3) is 0.524. The Morgan fingerprint density at radius 2 is 1.84 bits per heavy atom. The first-order valence-electron chi connectivity index (χ1n) is 13.3. The summed E-state index contributed by atoms with van der Waals surface area (Å²) in [7, 11) is -3.25. The Hall–Kier alpha value is -3.25. The Morgan fingerprint density at radius 3 is 2.64 bits per heavy atom. The maximum Gasteiger partial charge on any atom is 0.386 e. The molecule has 45 heavy (non-hydrogen) atoms. The maximum absolute atomic E-state index is 13.5. The van der Waals surface area contributed by atoms with Crippen molar-refractivity contribution in [3.05, 3.63) is 29.3 Å². The van der Waals surface area contributed by atoms with Crippen LogP contribution in [0.4, 0.5) is 11.8 Å². The summed E-state index contributed by atoms with van der Waals surface area (Å²) in [5.41, 5.74) is 11.6. The molecule has 3 aliphatic heterocycles. The molecule has 4 aromatic heterocycles. The van der Waals surface area contributed by atoms with Gasteiger partial charge in [-0.25, -0.2) is 28.7 Å². The van der Waals surface area contributed by atoms with Crippen LogP contribution in [-0.2, 0) is 42.3 Å². The van der Waals surface area contributed by atoms with Crippen molar-refractivity contribution in [1.82, 2.24) is 43.8 Å². The SMILES string of the molecule is COC1C2COP(=O)(S)OC3CC(n4cnc5c(N)ncnc54)OC3CNS(=O)(=O)OC1C(n1cnc3c(=O)[nH]c(N)nc31)O2. The van der Waals surface area contributed by atoms with Crippen LogP contribution in [0.15, 0.2) is 23.8 Å². The Balaban J connectivity index is 1.21. The zero-order chi connectivity index (χ0) is 31.7. The maximum atomic E-state index is 13.5. The highest BCUT2D eigenvalue weighted by Crippen LogP contribution is 2.56. The van der Waals surface area contributed by atoms with Crippen LogP contribution >= 0.6 is 19.0 Å². The van der Waals surface area contributed by atoms with Gasteiger partial charge in [-0.1, -0.05) is 12.2 Å². The van der Waals surface area contributed by atoms with Crippen LogP contribution in [0.5, 0.6) is 0 Å². The number of methoxy groups -OCH3 is 1. The van der Waals surface area contributed by atoms with Gasteiger partial charge in [0.25, 0.3) is 5.56 Å². The average molecular weight is 688 g/mol. The molecule has 0 saturated carbocycles. The summed E-state index contributed by atoms with van der Waals surface area (Å²) in [6, 6.07) is 0. The quantitative estimate of drug-likeness (QED) is 0.127. The second-order valence-corrected chi connectivity index (χ2v) is 14.5. The second-order valence-electron chi connectivity index (χ2n) is 10.3. The predicted octanol–water partition coefficient (Wildman–Crippen LogP) is -1.00. The number of imidazole rings is 2. The highest BCUT2D eigenvalue weighted by molar-refractivity contribution is 8.44. The zero-order valence-corrected chi connectivity index (χ0v) is 25.7. The van der Waals surface area contributed by atoms with Gasteiger partial charge in [0.2, 0.25) is 5.95 Å². The number of fused-ring (bicyclic) bond motifs is 5. The number of rotatable bonds is 3. The number of aromatic amines is 1. The van der Waals surface area contributed by atoms with E-state index in [1.165, 1.54) is 30.7 Å². The first-order chi connectivity index (χ1) is 21.4. The number of aromatic nitrogens is 8. The van der Waals surface area contributed by atoms with Gasteiger partial charge in [0.15, 0.2) is 35.0 Å². The molecule has 21 nitrogen and oxygen atoms in total. The summed E-state index contributed by atoms with van der Waals surface area (Å²) in [5.74, 6) is -0.0468. The molecule has 0 aliphatic carbocycles. The summed E-state index contributed by atoms with van der Waals surface area (Å²) in [6.45, 7) is -4.91. The minimum absolute atomic E-state index is 0.00626. The number of nitrogen functional groups attached to an aromatic ring is 2. The molecule has 7 rings (SSSR count). The van der Waals surface area contributed by atoms with E-state index in [4.69, 9.17) is 38.9 Å². The fourth-order valence-electron chi connectivity index (χ4n) is 5.56. The van der Waals surface area contributed by atoms with E-state index >= 15 is 0 Å². The van der Waals surface area contributed by atoms with Gasteiger partial charge >= 0.3 is 17.1 Å². The van der Waals surface area contributed by atoms with Gasteiger partial charge in [-0.15, -0.1) is 0 Å². The van der Waals surface area contributed by atoms with Crippen molar-refractivity contribution in [3.63, 3.8) is 0 Å². The lowest BCUT2D eigenvalue weighted by Crippen LogP contribution is -2.43. The van der Waals surface area contributed by atoms with Crippen LogP contribution in [0, 0.1) is 0 Å². The van der Waals surface area contributed by atoms with Crippen LogP contribution in [0.2, 0.25) is 0 Å². The summed E-state index contributed by atoms with van der Waals surface area (Å²) >= 11 is 4.16. The highest BCUT2D eigenvalue weighted by atomic mass is 32.7. The van der Waals surface area contributed by atoms with Crippen molar-refractivity contribution in [1.29, 1.82) is 0 Å². The van der Waals surface area contributed by atoms with Gasteiger partial charge in [-0.05, 0) is 0 Å². The standard InChI is InChI=1S/C21H26N11O10PS2/c1-37-14-10-4-38-43(34,44)41-8-2-11(31-6-26-12-16(22)24-5-25-17(12)31)39-9(8)3-28-45(35,36)42-15(14)20(40-10)32-7-27-13-18(32)29-21(23)30-19(13)33/h5-11,14-15,20,28H,2-4H2,1H3,(H,34,44)(H2,22,24,25)(H3,23,29,30,33). The molecule has 3 saturated heterocycles.